The fraction of sp³-hybridized carbons (Fsp3) is 0.200. The Morgan fingerprint density at radius 3 is 3.10 bits per heavy atom. The van der Waals surface area contributed by atoms with Crippen LogP contribution in [0.1, 0.15) is 0 Å². The van der Waals surface area contributed by atoms with E-state index < -0.39 is 0 Å². The van der Waals surface area contributed by atoms with Crippen molar-refractivity contribution in [3.63, 3.8) is 0 Å². The molecule has 54 valence electrons. The van der Waals surface area contributed by atoms with Gasteiger partial charge in [0.2, 0.25) is 0 Å². The molecular formula is C5H6BrN3O. The van der Waals surface area contributed by atoms with Gasteiger partial charge in [0.1, 0.15) is 6.33 Å². The standard InChI is InChI=1S/C5H6BrN3O/c1-4(6)2-9-5(10)7-3-8-9/h3H,1-2H2,(H,7,8,10). The monoisotopic (exact) mass is 203 g/mol. The molecule has 0 fully saturated rings. The van der Waals surface area contributed by atoms with Gasteiger partial charge in [0.15, 0.2) is 0 Å². The van der Waals surface area contributed by atoms with Gasteiger partial charge in [-0.15, -0.1) is 0 Å². The molecule has 1 rings (SSSR count). The second-order valence-corrected chi connectivity index (χ2v) is 2.89. The minimum Gasteiger partial charge on any atom is -0.295 e. The molecule has 1 aromatic heterocycles. The molecule has 1 N–H and O–H groups in total. The van der Waals surface area contributed by atoms with Crippen LogP contribution in [-0.2, 0) is 6.54 Å². The average Bonchev–Trinajstić information content (AvgIpc) is 2.15. The van der Waals surface area contributed by atoms with Gasteiger partial charge in [0, 0.05) is 4.48 Å². The molecule has 1 heterocycles. The zero-order chi connectivity index (χ0) is 7.56. The number of nitrogens with one attached hydrogen (secondary N) is 1. The third kappa shape index (κ3) is 1.57. The Kier molecular flexibility index (Phi) is 2.06. The maximum atomic E-state index is 10.7. The minimum absolute atomic E-state index is 0.222. The predicted octanol–water partition coefficient (Wildman–Crippen LogP) is 0.480. The SMILES string of the molecule is C=C(Br)Cn1nc[nH]c1=O. The summed E-state index contributed by atoms with van der Waals surface area (Å²) in [6, 6.07) is 0. The summed E-state index contributed by atoms with van der Waals surface area (Å²) in [7, 11) is 0. The van der Waals surface area contributed by atoms with Crippen LogP contribution >= 0.6 is 15.9 Å². The summed E-state index contributed by atoms with van der Waals surface area (Å²) in [5.41, 5.74) is -0.222. The van der Waals surface area contributed by atoms with E-state index in [0.717, 1.165) is 4.48 Å². The van der Waals surface area contributed by atoms with Crippen molar-refractivity contribution >= 4 is 15.9 Å². The first-order chi connectivity index (χ1) is 4.70. The van der Waals surface area contributed by atoms with Crippen molar-refractivity contribution in [1.82, 2.24) is 14.8 Å². The van der Waals surface area contributed by atoms with Gasteiger partial charge < -0.3 is 0 Å². The van der Waals surface area contributed by atoms with Gasteiger partial charge in [-0.2, -0.15) is 5.10 Å². The summed E-state index contributed by atoms with van der Waals surface area (Å²) in [6.07, 6.45) is 1.35. The minimum atomic E-state index is -0.222. The predicted molar refractivity (Wildman–Crippen MR) is 40.9 cm³/mol. The van der Waals surface area contributed by atoms with E-state index in [4.69, 9.17) is 0 Å². The van der Waals surface area contributed by atoms with Crippen molar-refractivity contribution in [1.29, 1.82) is 0 Å². The van der Waals surface area contributed by atoms with Crippen molar-refractivity contribution in [3.8, 4) is 0 Å². The lowest BCUT2D eigenvalue weighted by atomic mass is 10.6. The van der Waals surface area contributed by atoms with Crippen LogP contribution in [0.2, 0.25) is 0 Å². The van der Waals surface area contributed by atoms with E-state index in [-0.39, 0.29) is 5.69 Å². The zero-order valence-corrected chi connectivity index (χ0v) is 6.76. The Bertz CT molecular complexity index is 287. The summed E-state index contributed by atoms with van der Waals surface area (Å²) in [6.45, 7) is 3.98. The maximum absolute atomic E-state index is 10.7. The summed E-state index contributed by atoms with van der Waals surface area (Å²) < 4.78 is 2.00. The molecule has 0 aliphatic heterocycles. The third-order valence-corrected chi connectivity index (χ3v) is 1.19. The summed E-state index contributed by atoms with van der Waals surface area (Å²) in [4.78, 5) is 13.1. The van der Waals surface area contributed by atoms with Gasteiger partial charge >= 0.3 is 5.69 Å². The lowest BCUT2D eigenvalue weighted by molar-refractivity contribution is 0.669. The van der Waals surface area contributed by atoms with Crippen molar-refractivity contribution in [2.24, 2.45) is 0 Å². The Labute approximate surface area is 65.7 Å². The van der Waals surface area contributed by atoms with Gasteiger partial charge in [-0.25, -0.2) is 9.48 Å². The number of aromatic nitrogens is 3. The number of nitrogens with zero attached hydrogens (tertiary/aromatic N) is 2. The number of hydrogen-bond donors (Lipinski definition) is 1. The fourth-order valence-corrected chi connectivity index (χ4v) is 0.793. The fourth-order valence-electron chi connectivity index (χ4n) is 0.556. The number of H-pyrrole nitrogens is 1. The lowest BCUT2D eigenvalue weighted by Crippen LogP contribution is -2.17. The van der Waals surface area contributed by atoms with Crippen LogP contribution in [0.3, 0.4) is 0 Å². The van der Waals surface area contributed by atoms with Gasteiger partial charge in [-0.1, -0.05) is 22.5 Å². The van der Waals surface area contributed by atoms with Crippen molar-refractivity contribution in [2.75, 3.05) is 0 Å². The van der Waals surface area contributed by atoms with E-state index in [1.807, 2.05) is 0 Å². The topological polar surface area (TPSA) is 50.7 Å². The van der Waals surface area contributed by atoms with Crippen LogP contribution in [-0.4, -0.2) is 14.8 Å². The summed E-state index contributed by atoms with van der Waals surface area (Å²) in [5.74, 6) is 0. The molecular weight excluding hydrogens is 198 g/mol. The lowest BCUT2D eigenvalue weighted by Gasteiger charge is -1.93. The molecule has 0 radical (unpaired) electrons. The highest BCUT2D eigenvalue weighted by atomic mass is 79.9. The van der Waals surface area contributed by atoms with E-state index >= 15 is 0 Å². The van der Waals surface area contributed by atoms with E-state index in [9.17, 15) is 4.79 Å². The number of rotatable bonds is 2. The maximum Gasteiger partial charge on any atom is 0.343 e. The molecule has 0 aliphatic rings. The molecule has 4 nitrogen and oxygen atoms in total. The molecule has 0 unspecified atom stereocenters. The van der Waals surface area contributed by atoms with Crippen molar-refractivity contribution in [2.45, 2.75) is 6.54 Å². The molecule has 0 spiro atoms. The molecule has 0 saturated heterocycles. The summed E-state index contributed by atoms with van der Waals surface area (Å²) >= 11 is 3.12. The van der Waals surface area contributed by atoms with E-state index in [1.165, 1.54) is 11.0 Å². The van der Waals surface area contributed by atoms with Crippen molar-refractivity contribution < 1.29 is 0 Å². The third-order valence-electron chi connectivity index (χ3n) is 0.941. The largest absolute Gasteiger partial charge is 0.343 e. The van der Waals surface area contributed by atoms with Crippen LogP contribution in [0.5, 0.6) is 0 Å². The molecule has 10 heavy (non-hydrogen) atoms. The summed E-state index contributed by atoms with van der Waals surface area (Å²) in [5, 5.41) is 3.71. The molecule has 0 saturated carbocycles. The van der Waals surface area contributed by atoms with Crippen molar-refractivity contribution in [3.05, 3.63) is 27.9 Å². The van der Waals surface area contributed by atoms with Crippen LogP contribution in [0.25, 0.3) is 0 Å². The number of allylic oxidation sites excluding steroid dienone is 1. The Morgan fingerprint density at radius 2 is 2.70 bits per heavy atom. The first-order valence-electron chi connectivity index (χ1n) is 2.64. The van der Waals surface area contributed by atoms with Gasteiger partial charge in [0.05, 0.1) is 6.54 Å². The number of aromatic amines is 1. The van der Waals surface area contributed by atoms with Gasteiger partial charge in [-0.05, 0) is 0 Å². The molecule has 5 heteroatoms. The highest BCUT2D eigenvalue weighted by molar-refractivity contribution is 9.11. The van der Waals surface area contributed by atoms with Gasteiger partial charge in [0.25, 0.3) is 0 Å². The molecule has 0 atom stereocenters. The first kappa shape index (κ1) is 7.27. The molecule has 0 amide bonds. The first-order valence-corrected chi connectivity index (χ1v) is 3.43. The zero-order valence-electron chi connectivity index (χ0n) is 5.17. The number of hydrogen-bond acceptors (Lipinski definition) is 2. The molecule has 0 aliphatic carbocycles. The highest BCUT2D eigenvalue weighted by Crippen LogP contribution is 2.00. The Morgan fingerprint density at radius 1 is 2.00 bits per heavy atom. The van der Waals surface area contributed by atoms with Crippen LogP contribution in [0.15, 0.2) is 22.2 Å². The molecule has 0 bridgehead atoms. The Balaban J connectivity index is 2.85. The smallest absolute Gasteiger partial charge is 0.295 e. The Hall–Kier alpha value is -0.840. The normalized spacial score (nSPS) is 9.70. The highest BCUT2D eigenvalue weighted by Gasteiger charge is 1.95. The van der Waals surface area contributed by atoms with Crippen LogP contribution in [0.4, 0.5) is 0 Å². The number of halogens is 1. The van der Waals surface area contributed by atoms with Crippen LogP contribution in [0, 0.1) is 0 Å². The molecule has 0 aromatic carbocycles. The average molecular weight is 204 g/mol. The second-order valence-electron chi connectivity index (χ2n) is 1.77. The van der Waals surface area contributed by atoms with E-state index in [1.54, 1.807) is 0 Å². The molecule has 1 aromatic rings. The second kappa shape index (κ2) is 2.83. The quantitative estimate of drug-likeness (QED) is 0.761. The van der Waals surface area contributed by atoms with E-state index in [0.29, 0.717) is 6.54 Å². The van der Waals surface area contributed by atoms with E-state index in [2.05, 4.69) is 32.6 Å². The van der Waals surface area contributed by atoms with Crippen LogP contribution < -0.4 is 5.69 Å². The van der Waals surface area contributed by atoms with Gasteiger partial charge in [-0.3, -0.25) is 4.98 Å².